The van der Waals surface area contributed by atoms with Gasteiger partial charge >= 0.3 is 34.5 Å². The molecule has 0 spiro atoms. The molecule has 0 radical (unpaired) electrons. The number of hydrogen-bond donors (Lipinski definition) is 0. The standard InChI is InChI=1S/C21H28N4.2ClH.Zn/c1-24(2)20-10-6-18(7-11-20)16-22-14-5-15-23-17-19-8-12-21(13-9-19)25(3)4;;;/h6-13,16-17H,5,14-15H2,1-4H3;2*1H;/q;;;+2/p-2. The van der Waals surface area contributed by atoms with Crippen LogP contribution in [0.4, 0.5) is 11.4 Å². The number of hydrogen-bond acceptors (Lipinski definition) is 4. The zero-order chi connectivity index (χ0) is 20.8. The second kappa shape index (κ2) is 14.6. The van der Waals surface area contributed by atoms with Gasteiger partial charge in [0.1, 0.15) is 0 Å². The molecule has 0 aliphatic carbocycles. The second-order valence-electron chi connectivity index (χ2n) is 6.50. The molecule has 0 bridgehead atoms. The van der Waals surface area contributed by atoms with E-state index in [1.54, 1.807) is 0 Å². The van der Waals surface area contributed by atoms with Gasteiger partial charge in [0, 0.05) is 65.1 Å². The Bertz CT molecular complexity index is 653. The van der Waals surface area contributed by atoms with Gasteiger partial charge in [-0.15, -0.1) is 0 Å². The molecule has 0 atom stereocenters. The van der Waals surface area contributed by atoms with E-state index in [1.165, 1.54) is 11.4 Å². The van der Waals surface area contributed by atoms with Gasteiger partial charge in [-0.3, -0.25) is 9.98 Å². The summed E-state index contributed by atoms with van der Waals surface area (Å²) in [6.45, 7) is 1.60. The average molecular weight is 473 g/mol. The molecule has 4 nitrogen and oxygen atoms in total. The van der Waals surface area contributed by atoms with Crippen molar-refractivity contribution in [1.82, 2.24) is 0 Å². The zero-order valence-corrected chi connectivity index (χ0v) is 21.6. The van der Waals surface area contributed by atoms with Crippen molar-refractivity contribution in [3.63, 3.8) is 0 Å². The zero-order valence-electron chi connectivity index (χ0n) is 17.1. The maximum atomic E-state index is 4.95. The van der Waals surface area contributed by atoms with Gasteiger partial charge < -0.3 is 9.80 Å². The van der Waals surface area contributed by atoms with Crippen molar-refractivity contribution in [2.45, 2.75) is 6.42 Å². The van der Waals surface area contributed by atoms with Gasteiger partial charge in [0.2, 0.25) is 0 Å². The van der Waals surface area contributed by atoms with Gasteiger partial charge in [0.05, 0.1) is 0 Å². The molecule has 0 heterocycles. The number of halogens is 2. The van der Waals surface area contributed by atoms with E-state index in [2.05, 4.69) is 68.3 Å². The quantitative estimate of drug-likeness (QED) is 0.303. The summed E-state index contributed by atoms with van der Waals surface area (Å²) in [6.07, 6.45) is 4.82. The first-order valence-corrected chi connectivity index (χ1v) is 16.9. The molecule has 148 valence electrons. The number of aliphatic imine (C=N–C) groups is 2. The van der Waals surface area contributed by atoms with Gasteiger partial charge in [-0.25, -0.2) is 0 Å². The van der Waals surface area contributed by atoms with Crippen LogP contribution in [-0.2, 0) is 15.1 Å². The minimum absolute atomic E-state index is 0.798. The Kier molecular flexibility index (Phi) is 12.8. The van der Waals surface area contributed by atoms with Gasteiger partial charge in [0.15, 0.2) is 0 Å². The molecule has 0 aromatic heterocycles. The van der Waals surface area contributed by atoms with E-state index < -0.39 is 15.1 Å². The molecule has 0 unspecified atom stereocenters. The predicted molar refractivity (Wildman–Crippen MR) is 123 cm³/mol. The Morgan fingerprint density at radius 1 is 0.714 bits per heavy atom. The fourth-order valence-electron chi connectivity index (χ4n) is 2.31. The second-order valence-corrected chi connectivity index (χ2v) is 11.1. The Balaban J connectivity index is 0.00000122. The monoisotopic (exact) mass is 470 g/mol. The molecule has 0 aliphatic rings. The number of anilines is 2. The summed E-state index contributed by atoms with van der Waals surface area (Å²) >= 11 is -0.931. The van der Waals surface area contributed by atoms with E-state index in [1.807, 2.05) is 40.6 Å². The summed E-state index contributed by atoms with van der Waals surface area (Å²) in [5.74, 6) is 0. The van der Waals surface area contributed by atoms with Crippen molar-refractivity contribution in [3.8, 4) is 0 Å². The molecule has 7 heteroatoms. The van der Waals surface area contributed by atoms with Gasteiger partial charge in [-0.1, -0.05) is 24.3 Å². The van der Waals surface area contributed by atoms with E-state index in [-0.39, 0.29) is 0 Å². The topological polar surface area (TPSA) is 31.2 Å². The summed E-state index contributed by atoms with van der Waals surface area (Å²) in [5.41, 5.74) is 4.67. The molecule has 0 saturated heterocycles. The first-order chi connectivity index (χ1) is 13.5. The van der Waals surface area contributed by atoms with Crippen molar-refractivity contribution in [2.24, 2.45) is 9.98 Å². The Labute approximate surface area is 185 Å². The average Bonchev–Trinajstić information content (AvgIpc) is 2.68. The van der Waals surface area contributed by atoms with Crippen LogP contribution in [0.15, 0.2) is 58.5 Å². The van der Waals surface area contributed by atoms with Crippen molar-refractivity contribution >= 4 is 43.2 Å². The summed E-state index contributed by atoms with van der Waals surface area (Å²) in [5, 5.41) is 0. The molecule has 0 aliphatic heterocycles. The summed E-state index contributed by atoms with van der Waals surface area (Å²) in [7, 11) is 18.1. The van der Waals surface area contributed by atoms with Crippen LogP contribution >= 0.6 is 19.4 Å². The van der Waals surface area contributed by atoms with Crippen LogP contribution in [0.25, 0.3) is 0 Å². The first-order valence-electron chi connectivity index (χ1n) is 9.14. The van der Waals surface area contributed by atoms with Crippen LogP contribution in [0, 0.1) is 0 Å². The fraction of sp³-hybridized carbons (Fsp3) is 0.333. The van der Waals surface area contributed by atoms with Crippen molar-refractivity contribution in [3.05, 3.63) is 59.7 Å². The van der Waals surface area contributed by atoms with E-state index >= 15 is 0 Å². The van der Waals surface area contributed by atoms with Gasteiger partial charge in [-0.2, -0.15) is 0 Å². The SMILES string of the molecule is CN(C)c1ccc(C=NCCCN=Cc2ccc(N(C)C)cc2)cc1.[Cl][Zn][Cl]. The Hall–Kier alpha value is -1.42. The van der Waals surface area contributed by atoms with E-state index in [9.17, 15) is 0 Å². The van der Waals surface area contributed by atoms with Crippen molar-refractivity contribution < 1.29 is 15.1 Å². The fourth-order valence-corrected chi connectivity index (χ4v) is 2.31. The maximum absolute atomic E-state index is 4.95. The van der Waals surface area contributed by atoms with Crippen LogP contribution in [0.2, 0.25) is 0 Å². The van der Waals surface area contributed by atoms with E-state index in [0.717, 1.165) is 30.6 Å². The summed E-state index contributed by atoms with van der Waals surface area (Å²) in [4.78, 5) is 13.1. The van der Waals surface area contributed by atoms with E-state index in [4.69, 9.17) is 19.4 Å². The number of benzene rings is 2. The Morgan fingerprint density at radius 2 is 1.04 bits per heavy atom. The van der Waals surface area contributed by atoms with Crippen molar-refractivity contribution in [2.75, 3.05) is 51.1 Å². The minimum atomic E-state index is -0.931. The molecule has 0 fully saturated rings. The number of nitrogens with zero attached hydrogens (tertiary/aromatic N) is 4. The van der Waals surface area contributed by atoms with E-state index in [0.29, 0.717) is 0 Å². The van der Waals surface area contributed by atoms with Crippen LogP contribution in [0.3, 0.4) is 0 Å². The molecule has 0 saturated carbocycles. The molecule has 0 amide bonds. The predicted octanol–water partition coefficient (Wildman–Crippen LogP) is 5.12. The first kappa shape index (κ1) is 24.6. The third-order valence-electron chi connectivity index (χ3n) is 3.87. The third-order valence-corrected chi connectivity index (χ3v) is 3.87. The summed E-state index contributed by atoms with van der Waals surface area (Å²) in [6, 6.07) is 16.8. The number of rotatable bonds is 8. The van der Waals surface area contributed by atoms with Gasteiger partial charge in [0.25, 0.3) is 0 Å². The third kappa shape index (κ3) is 10.2. The molecule has 28 heavy (non-hydrogen) atoms. The van der Waals surface area contributed by atoms with Gasteiger partial charge in [-0.05, 0) is 41.8 Å². The van der Waals surface area contributed by atoms with Crippen LogP contribution in [0.5, 0.6) is 0 Å². The molecule has 2 aromatic rings. The molecular formula is C21H28Cl2N4Zn. The molecule has 2 rings (SSSR count). The van der Waals surface area contributed by atoms with Crippen LogP contribution in [-0.4, -0.2) is 53.7 Å². The van der Waals surface area contributed by atoms with Crippen molar-refractivity contribution in [1.29, 1.82) is 0 Å². The molecule has 2 aromatic carbocycles. The normalized spacial score (nSPS) is 10.5. The summed E-state index contributed by atoms with van der Waals surface area (Å²) < 4.78 is 0. The Morgan fingerprint density at radius 3 is 1.32 bits per heavy atom. The van der Waals surface area contributed by atoms with Crippen LogP contribution in [0.1, 0.15) is 17.5 Å². The van der Waals surface area contributed by atoms with Crippen LogP contribution < -0.4 is 9.80 Å². The molecular weight excluding hydrogens is 445 g/mol. The molecule has 0 N–H and O–H groups in total.